The molecule has 0 aliphatic carbocycles. The molecule has 2 N–H and O–H groups in total. The molecular formula is C22H26N4O3S. The summed E-state index contributed by atoms with van der Waals surface area (Å²) in [6.45, 7) is 1.74. The highest BCUT2D eigenvalue weighted by atomic mass is 32.2. The van der Waals surface area contributed by atoms with Crippen molar-refractivity contribution in [2.45, 2.75) is 25.2 Å². The van der Waals surface area contributed by atoms with E-state index in [-0.39, 0.29) is 11.8 Å². The Bertz CT molecular complexity index is 1110. The standard InChI is InChI=1S/C22H26N4O3S/c1-30(28,29)23-13-12-16-8-10-17(11-9-16)22(27)26-14-4-5-18(15-26)21-24-19-6-2-3-7-20(19)25-21/h2-3,6-11,18,23H,4-5,12-15H2,1H3,(H,24,25)/t18-/m1/s1. The van der Waals surface area contributed by atoms with E-state index in [2.05, 4.69) is 9.71 Å². The lowest BCUT2D eigenvalue weighted by atomic mass is 9.96. The summed E-state index contributed by atoms with van der Waals surface area (Å²) < 4.78 is 24.8. The number of amides is 1. The average molecular weight is 427 g/mol. The molecule has 30 heavy (non-hydrogen) atoms. The lowest BCUT2D eigenvalue weighted by Crippen LogP contribution is -2.39. The summed E-state index contributed by atoms with van der Waals surface area (Å²) in [7, 11) is -3.19. The third-order valence-electron chi connectivity index (χ3n) is 5.48. The van der Waals surface area contributed by atoms with Crippen LogP contribution in [0.25, 0.3) is 11.0 Å². The molecule has 0 spiro atoms. The third-order valence-corrected chi connectivity index (χ3v) is 6.21. The maximum absolute atomic E-state index is 13.0. The van der Waals surface area contributed by atoms with Gasteiger partial charge in [-0.05, 0) is 49.1 Å². The first-order chi connectivity index (χ1) is 14.4. The molecule has 4 rings (SSSR count). The first kappa shape index (κ1) is 20.6. The molecule has 0 radical (unpaired) electrons. The van der Waals surface area contributed by atoms with Crippen molar-refractivity contribution < 1.29 is 13.2 Å². The number of H-pyrrole nitrogens is 1. The van der Waals surface area contributed by atoms with Gasteiger partial charge in [0, 0.05) is 31.1 Å². The summed E-state index contributed by atoms with van der Waals surface area (Å²) >= 11 is 0. The van der Waals surface area contributed by atoms with E-state index in [1.54, 1.807) is 0 Å². The molecule has 0 bridgehead atoms. The van der Waals surface area contributed by atoms with E-state index in [9.17, 15) is 13.2 Å². The average Bonchev–Trinajstić information content (AvgIpc) is 3.17. The number of hydrogen-bond donors (Lipinski definition) is 2. The van der Waals surface area contributed by atoms with Crippen LogP contribution < -0.4 is 4.72 Å². The molecule has 2 heterocycles. The van der Waals surface area contributed by atoms with Crippen molar-refractivity contribution in [2.75, 3.05) is 25.9 Å². The van der Waals surface area contributed by atoms with E-state index in [0.717, 1.165) is 48.1 Å². The first-order valence-corrected chi connectivity index (χ1v) is 12.1. The number of sulfonamides is 1. The Labute approximate surface area is 176 Å². The summed E-state index contributed by atoms with van der Waals surface area (Å²) in [4.78, 5) is 23.0. The fraction of sp³-hybridized carbons (Fsp3) is 0.364. The van der Waals surface area contributed by atoms with Gasteiger partial charge in [0.15, 0.2) is 0 Å². The van der Waals surface area contributed by atoms with Crippen molar-refractivity contribution >= 4 is 27.0 Å². The molecule has 2 aromatic carbocycles. The van der Waals surface area contributed by atoms with Gasteiger partial charge in [0.1, 0.15) is 5.82 Å². The Morgan fingerprint density at radius 1 is 1.20 bits per heavy atom. The summed E-state index contributed by atoms with van der Waals surface area (Å²) in [5.41, 5.74) is 3.62. The molecule has 1 saturated heterocycles. The van der Waals surface area contributed by atoms with Crippen LogP contribution in [0.4, 0.5) is 0 Å². The molecule has 8 heteroatoms. The zero-order valence-electron chi connectivity index (χ0n) is 17.0. The Kier molecular flexibility index (Phi) is 5.87. The molecule has 7 nitrogen and oxygen atoms in total. The maximum atomic E-state index is 13.0. The molecule has 1 aliphatic rings. The van der Waals surface area contributed by atoms with Crippen LogP contribution in [0.3, 0.4) is 0 Å². The minimum absolute atomic E-state index is 0.0247. The quantitative estimate of drug-likeness (QED) is 0.634. The van der Waals surface area contributed by atoms with Gasteiger partial charge in [-0.15, -0.1) is 0 Å². The second-order valence-corrected chi connectivity index (χ2v) is 9.68. The van der Waals surface area contributed by atoms with Crippen LogP contribution in [0.15, 0.2) is 48.5 Å². The monoisotopic (exact) mass is 426 g/mol. The van der Waals surface area contributed by atoms with E-state index in [1.807, 2.05) is 53.4 Å². The molecule has 0 unspecified atom stereocenters. The van der Waals surface area contributed by atoms with Crippen molar-refractivity contribution in [3.63, 3.8) is 0 Å². The first-order valence-electron chi connectivity index (χ1n) is 10.2. The largest absolute Gasteiger partial charge is 0.342 e. The van der Waals surface area contributed by atoms with E-state index >= 15 is 0 Å². The molecule has 1 amide bonds. The van der Waals surface area contributed by atoms with E-state index in [4.69, 9.17) is 4.98 Å². The number of aromatic amines is 1. The number of nitrogens with zero attached hydrogens (tertiary/aromatic N) is 2. The van der Waals surface area contributed by atoms with E-state index < -0.39 is 10.0 Å². The number of nitrogens with one attached hydrogen (secondary N) is 2. The van der Waals surface area contributed by atoms with Crippen molar-refractivity contribution in [2.24, 2.45) is 0 Å². The minimum atomic E-state index is -3.19. The van der Waals surface area contributed by atoms with Gasteiger partial charge in [-0.1, -0.05) is 24.3 Å². The lowest BCUT2D eigenvalue weighted by molar-refractivity contribution is 0.0705. The van der Waals surface area contributed by atoms with E-state index in [1.165, 1.54) is 0 Å². The van der Waals surface area contributed by atoms with Gasteiger partial charge in [0.2, 0.25) is 10.0 Å². The van der Waals surface area contributed by atoms with Crippen LogP contribution >= 0.6 is 0 Å². The second-order valence-electron chi connectivity index (χ2n) is 7.84. The molecule has 1 aromatic heterocycles. The van der Waals surface area contributed by atoms with Gasteiger partial charge < -0.3 is 9.88 Å². The number of aromatic nitrogens is 2. The van der Waals surface area contributed by atoms with Gasteiger partial charge in [0.25, 0.3) is 5.91 Å². The summed E-state index contributed by atoms with van der Waals surface area (Å²) in [5.74, 6) is 1.18. The van der Waals surface area contributed by atoms with Gasteiger partial charge >= 0.3 is 0 Å². The smallest absolute Gasteiger partial charge is 0.253 e. The zero-order chi connectivity index (χ0) is 21.1. The number of hydrogen-bond acceptors (Lipinski definition) is 4. The topological polar surface area (TPSA) is 95.2 Å². The number of para-hydroxylation sites is 2. The van der Waals surface area contributed by atoms with Crippen LogP contribution in [-0.2, 0) is 16.4 Å². The summed E-state index contributed by atoms with van der Waals surface area (Å²) in [6, 6.07) is 15.4. The minimum Gasteiger partial charge on any atom is -0.342 e. The van der Waals surface area contributed by atoms with Crippen molar-refractivity contribution in [3.8, 4) is 0 Å². The number of benzene rings is 2. The normalized spacial score (nSPS) is 17.4. The van der Waals surface area contributed by atoms with Crippen molar-refractivity contribution in [1.29, 1.82) is 0 Å². The maximum Gasteiger partial charge on any atom is 0.253 e. The second kappa shape index (κ2) is 8.57. The lowest BCUT2D eigenvalue weighted by Gasteiger charge is -2.32. The van der Waals surface area contributed by atoms with Crippen LogP contribution in [0, 0.1) is 0 Å². The van der Waals surface area contributed by atoms with Crippen molar-refractivity contribution in [3.05, 3.63) is 65.5 Å². The fourth-order valence-electron chi connectivity index (χ4n) is 3.93. The zero-order valence-corrected chi connectivity index (χ0v) is 17.8. The molecule has 0 saturated carbocycles. The fourth-order valence-corrected chi connectivity index (χ4v) is 4.40. The number of fused-ring (bicyclic) bond motifs is 1. The Morgan fingerprint density at radius 3 is 2.70 bits per heavy atom. The highest BCUT2D eigenvalue weighted by Gasteiger charge is 2.27. The predicted octanol–water partition coefficient (Wildman–Crippen LogP) is 2.67. The molecule has 1 aliphatic heterocycles. The number of carbonyl (C=O) groups excluding carboxylic acids is 1. The number of rotatable bonds is 6. The third kappa shape index (κ3) is 4.88. The highest BCUT2D eigenvalue weighted by molar-refractivity contribution is 7.88. The molecule has 1 fully saturated rings. The van der Waals surface area contributed by atoms with Crippen molar-refractivity contribution in [1.82, 2.24) is 19.6 Å². The van der Waals surface area contributed by atoms with Crippen LogP contribution in [0.2, 0.25) is 0 Å². The van der Waals surface area contributed by atoms with Gasteiger partial charge in [-0.25, -0.2) is 18.1 Å². The van der Waals surface area contributed by atoms with Crippen LogP contribution in [0.1, 0.15) is 40.5 Å². The molecule has 1 atom stereocenters. The van der Waals surface area contributed by atoms with Crippen LogP contribution in [0.5, 0.6) is 0 Å². The summed E-state index contributed by atoms with van der Waals surface area (Å²) in [6.07, 6.45) is 3.68. The number of likely N-dealkylation sites (tertiary alicyclic amines) is 1. The highest BCUT2D eigenvalue weighted by Crippen LogP contribution is 2.27. The van der Waals surface area contributed by atoms with E-state index in [0.29, 0.717) is 25.1 Å². The Morgan fingerprint density at radius 2 is 1.97 bits per heavy atom. The van der Waals surface area contributed by atoms with Gasteiger partial charge in [0.05, 0.1) is 17.3 Å². The van der Waals surface area contributed by atoms with Gasteiger partial charge in [-0.2, -0.15) is 0 Å². The number of carbonyl (C=O) groups is 1. The SMILES string of the molecule is CS(=O)(=O)NCCc1ccc(C(=O)N2CCC[C@@H](c3nc4ccccc4[nH]3)C2)cc1. The van der Waals surface area contributed by atoms with Crippen LogP contribution in [-0.4, -0.2) is 55.1 Å². The summed E-state index contributed by atoms with van der Waals surface area (Å²) in [5, 5.41) is 0. The Balaban J connectivity index is 1.40. The molecule has 158 valence electrons. The molecule has 3 aromatic rings. The predicted molar refractivity (Wildman–Crippen MR) is 117 cm³/mol. The number of piperidine rings is 1. The molecular weight excluding hydrogens is 400 g/mol. The van der Waals surface area contributed by atoms with Gasteiger partial charge in [-0.3, -0.25) is 4.79 Å². The Hall–Kier alpha value is -2.71. The number of imidazole rings is 1.